The van der Waals surface area contributed by atoms with Crippen molar-refractivity contribution in [3.05, 3.63) is 40.9 Å². The van der Waals surface area contributed by atoms with Crippen LogP contribution in [0.15, 0.2) is 35.2 Å². The van der Waals surface area contributed by atoms with E-state index in [-0.39, 0.29) is 30.4 Å². The van der Waals surface area contributed by atoms with Crippen LogP contribution in [0.25, 0.3) is 0 Å². The van der Waals surface area contributed by atoms with Gasteiger partial charge in [-0.1, -0.05) is 29.5 Å². The monoisotopic (exact) mass is 438 g/mol. The Balaban J connectivity index is 1.58. The van der Waals surface area contributed by atoms with Crippen LogP contribution in [0.4, 0.5) is 9.93 Å². The van der Waals surface area contributed by atoms with E-state index in [0.29, 0.717) is 24.7 Å². The number of rotatable bonds is 7. The van der Waals surface area contributed by atoms with Crippen LogP contribution in [-0.2, 0) is 32.5 Å². The molecule has 2 N–H and O–H groups in total. The summed E-state index contributed by atoms with van der Waals surface area (Å²) in [5.74, 6) is -0.378. The summed E-state index contributed by atoms with van der Waals surface area (Å²) in [7, 11) is -3.57. The zero-order chi connectivity index (χ0) is 20.9. The first-order valence-electron chi connectivity index (χ1n) is 9.14. The van der Waals surface area contributed by atoms with Gasteiger partial charge in [0.1, 0.15) is 0 Å². The number of benzene rings is 1. The van der Waals surface area contributed by atoms with Crippen molar-refractivity contribution < 1.29 is 22.7 Å². The Hall–Kier alpha value is -2.50. The number of ether oxygens (including phenoxy) is 1. The van der Waals surface area contributed by atoms with Crippen LogP contribution < -0.4 is 10.6 Å². The van der Waals surface area contributed by atoms with Crippen molar-refractivity contribution in [3.63, 3.8) is 0 Å². The van der Waals surface area contributed by atoms with E-state index in [1.165, 1.54) is 15.6 Å². The number of urea groups is 1. The van der Waals surface area contributed by atoms with Gasteiger partial charge in [0.15, 0.2) is 5.13 Å². The van der Waals surface area contributed by atoms with Crippen LogP contribution in [0, 0.1) is 0 Å². The lowest BCUT2D eigenvalue weighted by Gasteiger charge is -2.25. The predicted octanol–water partition coefficient (Wildman–Crippen LogP) is 1.96. The molecule has 0 saturated heterocycles. The Labute approximate surface area is 173 Å². The molecule has 1 aromatic carbocycles. The Kier molecular flexibility index (Phi) is 6.83. The largest absolute Gasteiger partial charge is 0.466 e. The van der Waals surface area contributed by atoms with Gasteiger partial charge in [0, 0.05) is 24.4 Å². The number of fused-ring (bicyclic) bond motifs is 1. The third-order valence-corrected chi connectivity index (χ3v) is 7.07. The number of anilines is 1. The fourth-order valence-corrected chi connectivity index (χ4v) is 5.36. The van der Waals surface area contributed by atoms with Crippen molar-refractivity contribution in [2.75, 3.05) is 25.0 Å². The third kappa shape index (κ3) is 5.31. The van der Waals surface area contributed by atoms with Crippen molar-refractivity contribution in [1.29, 1.82) is 0 Å². The van der Waals surface area contributed by atoms with E-state index in [0.717, 1.165) is 10.6 Å². The Bertz CT molecular complexity index is 975. The van der Waals surface area contributed by atoms with E-state index in [4.69, 9.17) is 4.74 Å². The Morgan fingerprint density at radius 1 is 1.28 bits per heavy atom. The second kappa shape index (κ2) is 9.33. The van der Waals surface area contributed by atoms with Gasteiger partial charge < -0.3 is 10.1 Å². The van der Waals surface area contributed by atoms with Gasteiger partial charge in [0.25, 0.3) is 0 Å². The highest BCUT2D eigenvalue weighted by Crippen LogP contribution is 2.31. The first kappa shape index (κ1) is 21.2. The number of amides is 2. The van der Waals surface area contributed by atoms with Gasteiger partial charge in [-0.25, -0.2) is 18.2 Å². The van der Waals surface area contributed by atoms with Gasteiger partial charge in [0.05, 0.1) is 30.2 Å². The first-order valence-corrected chi connectivity index (χ1v) is 11.4. The molecule has 0 atom stereocenters. The summed E-state index contributed by atoms with van der Waals surface area (Å²) in [5, 5.41) is 5.58. The van der Waals surface area contributed by atoms with E-state index in [1.807, 2.05) is 0 Å². The molecule has 0 radical (unpaired) electrons. The average Bonchev–Trinajstić information content (AvgIpc) is 3.10. The molecular weight excluding hydrogens is 416 g/mol. The quantitative estimate of drug-likeness (QED) is 0.638. The number of nitrogens with one attached hydrogen (secondary N) is 2. The van der Waals surface area contributed by atoms with Gasteiger partial charge in [-0.15, -0.1) is 0 Å². The number of thiazole rings is 1. The van der Waals surface area contributed by atoms with Crippen molar-refractivity contribution in [2.45, 2.75) is 31.2 Å². The summed E-state index contributed by atoms with van der Waals surface area (Å²) in [6, 6.07) is 7.83. The molecule has 0 unspecified atom stereocenters. The number of aromatic nitrogens is 1. The average molecular weight is 439 g/mol. The van der Waals surface area contributed by atoms with E-state index in [1.54, 1.807) is 37.3 Å². The molecule has 9 nitrogen and oxygen atoms in total. The first-order chi connectivity index (χ1) is 13.9. The Morgan fingerprint density at radius 3 is 2.76 bits per heavy atom. The number of nitrogens with zero attached hydrogens (tertiary/aromatic N) is 2. The predicted molar refractivity (Wildman–Crippen MR) is 108 cm³/mol. The molecule has 0 fully saturated rings. The van der Waals surface area contributed by atoms with Gasteiger partial charge in [-0.2, -0.15) is 4.31 Å². The normalized spacial score (nSPS) is 14.1. The molecule has 1 aromatic heterocycles. The number of carbonyl (C=O) groups is 2. The maximum Gasteiger partial charge on any atom is 0.321 e. The van der Waals surface area contributed by atoms with Crippen LogP contribution in [0.3, 0.4) is 0 Å². The number of esters is 1. The summed E-state index contributed by atoms with van der Waals surface area (Å²) in [6.07, 6.45) is 0.561. The van der Waals surface area contributed by atoms with Gasteiger partial charge in [-0.05, 0) is 19.1 Å². The molecule has 0 bridgehead atoms. The highest BCUT2D eigenvalue weighted by Gasteiger charge is 2.30. The minimum Gasteiger partial charge on any atom is -0.466 e. The lowest BCUT2D eigenvalue weighted by atomic mass is 10.2. The summed E-state index contributed by atoms with van der Waals surface area (Å²) in [5.41, 5.74) is 0.788. The zero-order valence-corrected chi connectivity index (χ0v) is 17.5. The maximum absolute atomic E-state index is 12.8. The molecule has 0 spiro atoms. The minimum absolute atomic E-state index is 0.0853. The maximum atomic E-state index is 12.8. The smallest absolute Gasteiger partial charge is 0.321 e. The van der Waals surface area contributed by atoms with Gasteiger partial charge in [-0.3, -0.25) is 10.1 Å². The lowest BCUT2D eigenvalue weighted by Crippen LogP contribution is -2.35. The molecule has 29 heavy (non-hydrogen) atoms. The lowest BCUT2D eigenvalue weighted by molar-refractivity contribution is -0.142. The molecular formula is C18H22N4O5S2. The number of sulfonamides is 1. The van der Waals surface area contributed by atoms with Crippen LogP contribution in [0.2, 0.25) is 0 Å². The van der Waals surface area contributed by atoms with Crippen molar-refractivity contribution >= 4 is 38.5 Å². The summed E-state index contributed by atoms with van der Waals surface area (Å²) in [4.78, 5) is 28.7. The zero-order valence-electron chi connectivity index (χ0n) is 15.9. The Morgan fingerprint density at radius 2 is 2.03 bits per heavy atom. The van der Waals surface area contributed by atoms with Crippen LogP contribution in [0.5, 0.6) is 0 Å². The summed E-state index contributed by atoms with van der Waals surface area (Å²) in [6.45, 7) is 2.72. The molecule has 0 aliphatic carbocycles. The van der Waals surface area contributed by atoms with Crippen molar-refractivity contribution in [1.82, 2.24) is 14.6 Å². The molecule has 2 heterocycles. The second-order valence-electron chi connectivity index (χ2n) is 6.23. The van der Waals surface area contributed by atoms with Crippen molar-refractivity contribution in [3.8, 4) is 0 Å². The van der Waals surface area contributed by atoms with E-state index >= 15 is 0 Å². The fraction of sp³-hybridized carbons (Fsp3) is 0.389. The summed E-state index contributed by atoms with van der Waals surface area (Å²) >= 11 is 1.25. The fourth-order valence-electron chi connectivity index (χ4n) is 2.82. The van der Waals surface area contributed by atoms with Crippen molar-refractivity contribution in [2.24, 2.45) is 0 Å². The minimum atomic E-state index is -3.57. The number of carbonyl (C=O) groups excluding carboxylic acids is 2. The SMILES string of the molecule is CCOC(=O)CCNC(=O)Nc1nc2c(s1)CN(S(=O)(=O)c1ccccc1)CC2. The van der Waals surface area contributed by atoms with Crippen LogP contribution in [-0.4, -0.2) is 49.4 Å². The molecule has 156 valence electrons. The number of hydrogen-bond donors (Lipinski definition) is 2. The molecule has 1 aliphatic rings. The molecule has 0 saturated carbocycles. The van der Waals surface area contributed by atoms with Gasteiger partial charge in [0.2, 0.25) is 10.0 Å². The van der Waals surface area contributed by atoms with Crippen LogP contribution >= 0.6 is 11.3 Å². The summed E-state index contributed by atoms with van der Waals surface area (Å²) < 4.78 is 31.8. The van der Waals surface area contributed by atoms with E-state index < -0.39 is 16.1 Å². The van der Waals surface area contributed by atoms with E-state index in [2.05, 4.69) is 15.6 Å². The number of hydrogen-bond acceptors (Lipinski definition) is 7. The van der Waals surface area contributed by atoms with E-state index in [9.17, 15) is 18.0 Å². The highest BCUT2D eigenvalue weighted by atomic mass is 32.2. The molecule has 11 heteroatoms. The topological polar surface area (TPSA) is 118 Å². The highest BCUT2D eigenvalue weighted by molar-refractivity contribution is 7.89. The van der Waals surface area contributed by atoms with Gasteiger partial charge >= 0.3 is 12.0 Å². The van der Waals surface area contributed by atoms with Crippen LogP contribution in [0.1, 0.15) is 23.9 Å². The second-order valence-corrected chi connectivity index (χ2v) is 9.25. The molecule has 2 amide bonds. The molecule has 2 aromatic rings. The molecule has 1 aliphatic heterocycles. The third-order valence-electron chi connectivity index (χ3n) is 4.22. The molecule has 3 rings (SSSR count). The standard InChI is InChI=1S/C18H22N4O5S2/c1-2-27-16(23)8-10-19-17(24)21-18-20-14-9-11-22(12-15(14)28-18)29(25,26)13-6-4-3-5-7-13/h3-7H,2,8-12H2,1H3,(H2,19,20,21,24).